The van der Waals surface area contributed by atoms with Gasteiger partial charge >= 0.3 is 0 Å². The van der Waals surface area contributed by atoms with Gasteiger partial charge in [-0.25, -0.2) is 0 Å². The van der Waals surface area contributed by atoms with Gasteiger partial charge in [-0.15, -0.1) is 0 Å². The number of thioether (sulfide) groups is 1. The Bertz CT molecular complexity index is 284. The smallest absolute Gasteiger partial charge is 0.119 e. The molecule has 0 fully saturated rings. The second-order valence-corrected chi connectivity index (χ2v) is 5.15. The van der Waals surface area contributed by atoms with Gasteiger partial charge in [-0.05, 0) is 42.5 Å². The molecule has 1 aromatic rings. The molecular formula is C13H21NOS. The van der Waals surface area contributed by atoms with Crippen molar-refractivity contribution in [3.63, 3.8) is 0 Å². The second-order valence-electron chi connectivity index (χ2n) is 3.76. The maximum Gasteiger partial charge on any atom is 0.119 e. The van der Waals surface area contributed by atoms with Crippen LogP contribution >= 0.6 is 11.8 Å². The Labute approximate surface area is 103 Å². The number of hydrogen-bond donors (Lipinski definition) is 1. The lowest BCUT2D eigenvalue weighted by Gasteiger charge is -2.08. The summed E-state index contributed by atoms with van der Waals surface area (Å²) in [6, 6.07) is 8.13. The normalized spacial score (nSPS) is 12.4. The van der Waals surface area contributed by atoms with E-state index in [1.165, 1.54) is 11.5 Å². The standard InChI is InChI=1S/C13H21NOS/c1-3-16-10-4-9-15-13-7-5-12(6-8-13)11(2)14/h5-8,11H,3-4,9-10,14H2,1-2H3/t11-/m1/s1. The minimum atomic E-state index is 0.0926. The van der Waals surface area contributed by atoms with E-state index in [1.54, 1.807) is 0 Å². The summed E-state index contributed by atoms with van der Waals surface area (Å²) in [7, 11) is 0. The maximum absolute atomic E-state index is 5.78. The molecule has 1 aromatic carbocycles. The van der Waals surface area contributed by atoms with Gasteiger partial charge in [0, 0.05) is 6.04 Å². The van der Waals surface area contributed by atoms with Gasteiger partial charge in [-0.3, -0.25) is 0 Å². The fraction of sp³-hybridized carbons (Fsp3) is 0.538. The van der Waals surface area contributed by atoms with Crippen LogP contribution in [0, 0.1) is 0 Å². The Morgan fingerprint density at radius 2 is 2.00 bits per heavy atom. The molecule has 90 valence electrons. The summed E-state index contributed by atoms with van der Waals surface area (Å²) < 4.78 is 5.63. The van der Waals surface area contributed by atoms with Crippen LogP contribution in [0.4, 0.5) is 0 Å². The van der Waals surface area contributed by atoms with Crippen molar-refractivity contribution in [3.05, 3.63) is 29.8 Å². The lowest BCUT2D eigenvalue weighted by molar-refractivity contribution is 0.318. The molecule has 0 radical (unpaired) electrons. The highest BCUT2D eigenvalue weighted by Gasteiger charge is 1.99. The highest BCUT2D eigenvalue weighted by atomic mass is 32.2. The van der Waals surface area contributed by atoms with Crippen molar-refractivity contribution in [2.45, 2.75) is 26.3 Å². The molecule has 3 heteroatoms. The summed E-state index contributed by atoms with van der Waals surface area (Å²) in [6.07, 6.45) is 1.10. The molecule has 16 heavy (non-hydrogen) atoms. The number of hydrogen-bond acceptors (Lipinski definition) is 3. The Morgan fingerprint density at radius 1 is 1.31 bits per heavy atom. The predicted molar refractivity (Wildman–Crippen MR) is 72.2 cm³/mol. The van der Waals surface area contributed by atoms with Crippen molar-refractivity contribution >= 4 is 11.8 Å². The first-order valence-electron chi connectivity index (χ1n) is 5.80. The SMILES string of the molecule is CCSCCCOc1ccc([C@@H](C)N)cc1. The van der Waals surface area contributed by atoms with E-state index >= 15 is 0 Å². The van der Waals surface area contributed by atoms with Crippen LogP contribution in [0.5, 0.6) is 5.75 Å². The summed E-state index contributed by atoms with van der Waals surface area (Å²) in [5, 5.41) is 0. The van der Waals surface area contributed by atoms with Gasteiger partial charge in [0.2, 0.25) is 0 Å². The maximum atomic E-state index is 5.78. The number of ether oxygens (including phenoxy) is 1. The van der Waals surface area contributed by atoms with Gasteiger partial charge in [0.25, 0.3) is 0 Å². The first kappa shape index (κ1) is 13.4. The van der Waals surface area contributed by atoms with Crippen LogP contribution in [0.3, 0.4) is 0 Å². The molecule has 1 rings (SSSR count). The lowest BCUT2D eigenvalue weighted by Crippen LogP contribution is -2.04. The van der Waals surface area contributed by atoms with Crippen LogP contribution in [-0.4, -0.2) is 18.1 Å². The monoisotopic (exact) mass is 239 g/mol. The molecule has 0 amide bonds. The van der Waals surface area contributed by atoms with Crippen molar-refractivity contribution in [2.24, 2.45) is 5.73 Å². The number of nitrogens with two attached hydrogens (primary N) is 1. The Kier molecular flexibility index (Phi) is 6.34. The number of benzene rings is 1. The molecule has 0 saturated carbocycles. The third-order valence-corrected chi connectivity index (χ3v) is 3.30. The van der Waals surface area contributed by atoms with Gasteiger partial charge in [-0.2, -0.15) is 11.8 Å². The zero-order valence-electron chi connectivity index (χ0n) is 10.1. The third kappa shape index (κ3) is 4.90. The first-order valence-corrected chi connectivity index (χ1v) is 6.95. The van der Waals surface area contributed by atoms with Crippen molar-refractivity contribution < 1.29 is 4.74 Å². The Morgan fingerprint density at radius 3 is 2.56 bits per heavy atom. The highest BCUT2D eigenvalue weighted by molar-refractivity contribution is 7.99. The molecule has 0 saturated heterocycles. The quantitative estimate of drug-likeness (QED) is 0.742. The van der Waals surface area contributed by atoms with E-state index in [1.807, 2.05) is 43.0 Å². The van der Waals surface area contributed by atoms with E-state index in [-0.39, 0.29) is 6.04 Å². The zero-order valence-corrected chi connectivity index (χ0v) is 10.9. The summed E-state index contributed by atoms with van der Waals surface area (Å²) in [4.78, 5) is 0. The fourth-order valence-corrected chi connectivity index (χ4v) is 1.97. The topological polar surface area (TPSA) is 35.2 Å². The van der Waals surface area contributed by atoms with Crippen molar-refractivity contribution in [2.75, 3.05) is 18.1 Å². The van der Waals surface area contributed by atoms with E-state index in [4.69, 9.17) is 10.5 Å². The molecule has 0 aliphatic rings. The molecule has 0 heterocycles. The average Bonchev–Trinajstić information content (AvgIpc) is 2.29. The fourth-order valence-electron chi connectivity index (χ4n) is 1.36. The highest BCUT2D eigenvalue weighted by Crippen LogP contribution is 2.16. The number of rotatable bonds is 7. The summed E-state index contributed by atoms with van der Waals surface area (Å²) >= 11 is 1.95. The van der Waals surface area contributed by atoms with Crippen molar-refractivity contribution in [1.82, 2.24) is 0 Å². The van der Waals surface area contributed by atoms with Crippen LogP contribution in [0.15, 0.2) is 24.3 Å². The largest absolute Gasteiger partial charge is 0.494 e. The van der Waals surface area contributed by atoms with Crippen LogP contribution < -0.4 is 10.5 Å². The molecule has 2 nitrogen and oxygen atoms in total. The second kappa shape index (κ2) is 7.58. The van der Waals surface area contributed by atoms with Crippen LogP contribution in [0.2, 0.25) is 0 Å². The van der Waals surface area contributed by atoms with Gasteiger partial charge < -0.3 is 10.5 Å². The van der Waals surface area contributed by atoms with E-state index in [2.05, 4.69) is 6.92 Å². The van der Waals surface area contributed by atoms with E-state index in [0.717, 1.165) is 24.3 Å². The molecule has 0 bridgehead atoms. The summed E-state index contributed by atoms with van der Waals surface area (Å²) in [6.45, 7) is 4.96. The average molecular weight is 239 g/mol. The Balaban J connectivity index is 2.27. The molecular weight excluding hydrogens is 218 g/mol. The molecule has 0 aliphatic carbocycles. The van der Waals surface area contributed by atoms with Gasteiger partial charge in [0.15, 0.2) is 0 Å². The van der Waals surface area contributed by atoms with Gasteiger partial charge in [0.05, 0.1) is 6.61 Å². The molecule has 1 atom stereocenters. The molecule has 0 aromatic heterocycles. The molecule has 0 spiro atoms. The third-order valence-electron chi connectivity index (χ3n) is 2.31. The first-order chi connectivity index (χ1) is 7.74. The van der Waals surface area contributed by atoms with Crippen LogP contribution in [0.25, 0.3) is 0 Å². The minimum Gasteiger partial charge on any atom is -0.494 e. The zero-order chi connectivity index (χ0) is 11.8. The van der Waals surface area contributed by atoms with Gasteiger partial charge in [0.1, 0.15) is 5.75 Å². The van der Waals surface area contributed by atoms with E-state index in [9.17, 15) is 0 Å². The summed E-state index contributed by atoms with van der Waals surface area (Å²) in [5.74, 6) is 3.29. The van der Waals surface area contributed by atoms with E-state index < -0.39 is 0 Å². The molecule has 0 unspecified atom stereocenters. The lowest BCUT2D eigenvalue weighted by atomic mass is 10.1. The predicted octanol–water partition coefficient (Wildman–Crippen LogP) is 3.23. The van der Waals surface area contributed by atoms with E-state index in [0.29, 0.717) is 0 Å². The Hall–Kier alpha value is -0.670. The van der Waals surface area contributed by atoms with Crippen molar-refractivity contribution in [3.8, 4) is 5.75 Å². The minimum absolute atomic E-state index is 0.0926. The van der Waals surface area contributed by atoms with Crippen LogP contribution in [0.1, 0.15) is 31.9 Å². The molecule has 0 aliphatic heterocycles. The summed E-state index contributed by atoms with van der Waals surface area (Å²) in [5.41, 5.74) is 6.92. The van der Waals surface area contributed by atoms with Gasteiger partial charge in [-0.1, -0.05) is 19.1 Å². The van der Waals surface area contributed by atoms with Crippen LogP contribution in [-0.2, 0) is 0 Å². The van der Waals surface area contributed by atoms with Crippen molar-refractivity contribution in [1.29, 1.82) is 0 Å². The molecule has 2 N–H and O–H groups in total.